The highest BCUT2D eigenvalue weighted by atomic mass is 32.1. The maximum Gasteiger partial charge on any atom is 0.230 e. The topological polar surface area (TPSA) is 95.3 Å². The number of thiophene rings is 2. The number of benzene rings is 2. The van der Waals surface area contributed by atoms with Crippen LogP contribution in [0.3, 0.4) is 0 Å². The van der Waals surface area contributed by atoms with Gasteiger partial charge in [-0.2, -0.15) is 0 Å². The predicted molar refractivity (Wildman–Crippen MR) is 128 cm³/mol. The zero-order chi connectivity index (χ0) is 22.1. The van der Waals surface area contributed by atoms with Crippen molar-refractivity contribution in [2.24, 2.45) is 0 Å². The van der Waals surface area contributed by atoms with Crippen molar-refractivity contribution in [1.29, 1.82) is 0 Å². The van der Waals surface area contributed by atoms with Crippen LogP contribution in [-0.2, 0) is 11.2 Å². The lowest BCUT2D eigenvalue weighted by atomic mass is 10.1. The van der Waals surface area contributed by atoms with Crippen LogP contribution in [0.1, 0.15) is 5.56 Å². The molecule has 0 spiro atoms. The number of phenols is 2. The molecule has 5 aromatic rings. The molecule has 6 nitrogen and oxygen atoms in total. The third-order valence-corrected chi connectivity index (χ3v) is 6.97. The Bertz CT molecular complexity index is 1380. The summed E-state index contributed by atoms with van der Waals surface area (Å²) < 4.78 is 2.31. The highest BCUT2D eigenvalue weighted by molar-refractivity contribution is 7.28. The Balaban J connectivity index is 1.50. The highest BCUT2D eigenvalue weighted by Crippen LogP contribution is 2.38. The van der Waals surface area contributed by atoms with Crippen LogP contribution in [0.25, 0.3) is 31.2 Å². The van der Waals surface area contributed by atoms with Crippen molar-refractivity contribution in [3.8, 4) is 33.3 Å². The molecular formula is C24H17N3O3S2. The molecule has 0 bridgehead atoms. The molecule has 0 atom stereocenters. The minimum Gasteiger partial charge on any atom is -0.508 e. The quantitative estimate of drug-likeness (QED) is 0.314. The molecule has 0 radical (unpaired) electrons. The second-order valence-electron chi connectivity index (χ2n) is 7.15. The number of amides is 1. The number of anilines is 1. The van der Waals surface area contributed by atoms with Crippen molar-refractivity contribution in [1.82, 2.24) is 9.97 Å². The number of rotatable bonds is 5. The van der Waals surface area contributed by atoms with E-state index in [9.17, 15) is 15.0 Å². The van der Waals surface area contributed by atoms with Gasteiger partial charge in [-0.25, -0.2) is 9.97 Å². The predicted octanol–water partition coefficient (Wildman–Crippen LogP) is 5.68. The fraction of sp³-hybridized carbons (Fsp3) is 0.0417. The van der Waals surface area contributed by atoms with Crippen molar-refractivity contribution in [2.45, 2.75) is 6.42 Å². The van der Waals surface area contributed by atoms with E-state index < -0.39 is 0 Å². The number of phenolic OH excluding ortho intramolecular Hbond substituents is 2. The zero-order valence-electron chi connectivity index (χ0n) is 16.6. The van der Waals surface area contributed by atoms with Gasteiger partial charge in [0.1, 0.15) is 17.2 Å². The second-order valence-corrected chi connectivity index (χ2v) is 9.18. The molecule has 3 heterocycles. The van der Waals surface area contributed by atoms with Crippen LogP contribution in [0.15, 0.2) is 72.2 Å². The van der Waals surface area contributed by atoms with Gasteiger partial charge in [0.15, 0.2) is 5.82 Å². The van der Waals surface area contributed by atoms with Gasteiger partial charge in [0.2, 0.25) is 5.91 Å². The van der Waals surface area contributed by atoms with Crippen LogP contribution in [0.4, 0.5) is 5.82 Å². The molecule has 158 valence electrons. The van der Waals surface area contributed by atoms with Crippen molar-refractivity contribution in [2.75, 3.05) is 5.32 Å². The standard InChI is InChI=1S/C24H17N3O3S2/c28-16-5-1-14(2-6-16)11-22(30)27-24-23(21-12-20-19(32-21)9-10-31-20)26-18(13-25-24)15-3-7-17(29)8-4-15/h1-10,12-13,28-29H,11H2,(H,25,27,30). The molecule has 0 saturated heterocycles. The summed E-state index contributed by atoms with van der Waals surface area (Å²) >= 11 is 3.25. The molecule has 0 aliphatic heterocycles. The monoisotopic (exact) mass is 459 g/mol. The average Bonchev–Trinajstić information content (AvgIpc) is 3.39. The van der Waals surface area contributed by atoms with E-state index in [1.165, 1.54) is 0 Å². The number of nitrogens with one attached hydrogen (secondary N) is 1. The summed E-state index contributed by atoms with van der Waals surface area (Å²) in [6.07, 6.45) is 1.77. The van der Waals surface area contributed by atoms with Gasteiger partial charge < -0.3 is 15.5 Å². The molecule has 0 aliphatic carbocycles. The van der Waals surface area contributed by atoms with Crippen molar-refractivity contribution >= 4 is 43.8 Å². The van der Waals surface area contributed by atoms with Gasteiger partial charge >= 0.3 is 0 Å². The van der Waals surface area contributed by atoms with E-state index in [4.69, 9.17) is 4.98 Å². The maximum absolute atomic E-state index is 12.7. The van der Waals surface area contributed by atoms with Gasteiger partial charge in [-0.3, -0.25) is 4.79 Å². The Morgan fingerprint density at radius 2 is 1.66 bits per heavy atom. The fourth-order valence-electron chi connectivity index (χ4n) is 3.28. The third kappa shape index (κ3) is 4.18. The van der Waals surface area contributed by atoms with Crippen LogP contribution < -0.4 is 5.32 Å². The molecule has 0 saturated carbocycles. The van der Waals surface area contributed by atoms with Crippen LogP contribution in [-0.4, -0.2) is 26.1 Å². The first-order valence-electron chi connectivity index (χ1n) is 9.77. The third-order valence-electron chi connectivity index (χ3n) is 4.87. The van der Waals surface area contributed by atoms with Crippen molar-refractivity contribution in [3.63, 3.8) is 0 Å². The zero-order valence-corrected chi connectivity index (χ0v) is 18.3. The normalized spacial score (nSPS) is 11.0. The molecule has 2 aromatic carbocycles. The fourth-order valence-corrected chi connectivity index (χ4v) is 5.38. The summed E-state index contributed by atoms with van der Waals surface area (Å²) in [6, 6.07) is 17.4. The number of carbonyl (C=O) groups is 1. The summed E-state index contributed by atoms with van der Waals surface area (Å²) in [4.78, 5) is 22.9. The molecule has 3 N–H and O–H groups in total. The number of aromatic nitrogens is 2. The number of fused-ring (bicyclic) bond motifs is 1. The van der Waals surface area contributed by atoms with Gasteiger partial charge in [0.05, 0.1) is 23.2 Å². The molecule has 5 rings (SSSR count). The smallest absolute Gasteiger partial charge is 0.230 e. The van der Waals surface area contributed by atoms with E-state index >= 15 is 0 Å². The summed E-state index contributed by atoms with van der Waals surface area (Å²) in [6.45, 7) is 0. The molecule has 0 fully saturated rings. The number of carbonyl (C=O) groups excluding carboxylic acids is 1. The molecular weight excluding hydrogens is 442 g/mol. The molecule has 8 heteroatoms. The Kier molecular flexibility index (Phi) is 5.30. The molecule has 0 unspecified atom stereocenters. The van der Waals surface area contributed by atoms with Crippen LogP contribution in [0.5, 0.6) is 11.5 Å². The lowest BCUT2D eigenvalue weighted by molar-refractivity contribution is -0.115. The molecule has 0 aliphatic rings. The summed E-state index contributed by atoms with van der Waals surface area (Å²) in [5, 5.41) is 24.0. The number of nitrogens with zero attached hydrogens (tertiary/aromatic N) is 2. The van der Waals surface area contributed by atoms with Crippen LogP contribution in [0, 0.1) is 0 Å². The van der Waals surface area contributed by atoms with Crippen LogP contribution >= 0.6 is 22.7 Å². The van der Waals surface area contributed by atoms with Crippen molar-refractivity contribution < 1.29 is 15.0 Å². The van der Waals surface area contributed by atoms with Crippen LogP contribution in [0.2, 0.25) is 0 Å². The van der Waals surface area contributed by atoms with E-state index in [1.54, 1.807) is 77.4 Å². The van der Waals surface area contributed by atoms with Gasteiger partial charge in [0, 0.05) is 15.0 Å². The molecule has 1 amide bonds. The first kappa shape index (κ1) is 20.2. The van der Waals surface area contributed by atoms with Crippen molar-refractivity contribution in [3.05, 3.63) is 77.8 Å². The summed E-state index contributed by atoms with van der Waals surface area (Å²) in [7, 11) is 0. The van der Waals surface area contributed by atoms with E-state index in [1.807, 2.05) is 5.38 Å². The summed E-state index contributed by atoms with van der Waals surface area (Å²) in [5.74, 6) is 0.510. The van der Waals surface area contributed by atoms with E-state index in [2.05, 4.69) is 22.4 Å². The second kappa shape index (κ2) is 8.41. The lowest BCUT2D eigenvalue weighted by Gasteiger charge is -2.11. The first-order valence-corrected chi connectivity index (χ1v) is 11.5. The van der Waals surface area contributed by atoms with Gasteiger partial charge in [-0.05, 0) is 59.5 Å². The molecule has 32 heavy (non-hydrogen) atoms. The van der Waals surface area contributed by atoms with E-state index in [0.717, 1.165) is 25.4 Å². The molecule has 3 aromatic heterocycles. The lowest BCUT2D eigenvalue weighted by Crippen LogP contribution is -2.16. The van der Waals surface area contributed by atoms with Gasteiger partial charge in [0.25, 0.3) is 0 Å². The minimum atomic E-state index is -0.220. The number of hydrogen-bond donors (Lipinski definition) is 3. The number of hydrogen-bond acceptors (Lipinski definition) is 7. The van der Waals surface area contributed by atoms with E-state index in [0.29, 0.717) is 17.2 Å². The Morgan fingerprint density at radius 1 is 0.938 bits per heavy atom. The first-order chi connectivity index (χ1) is 15.5. The highest BCUT2D eigenvalue weighted by Gasteiger charge is 2.17. The summed E-state index contributed by atoms with van der Waals surface area (Å²) in [5.41, 5.74) is 2.85. The SMILES string of the molecule is O=C(Cc1ccc(O)cc1)Nc1ncc(-c2ccc(O)cc2)nc1-c1cc2sccc2s1. The largest absolute Gasteiger partial charge is 0.508 e. The number of aromatic hydroxyl groups is 2. The maximum atomic E-state index is 12.7. The van der Waals surface area contributed by atoms with Gasteiger partial charge in [-0.15, -0.1) is 22.7 Å². The Hall–Kier alpha value is -3.75. The Labute approximate surface area is 191 Å². The average molecular weight is 460 g/mol. The van der Waals surface area contributed by atoms with E-state index in [-0.39, 0.29) is 23.8 Å². The minimum absolute atomic E-state index is 0.153. The van der Waals surface area contributed by atoms with Gasteiger partial charge in [-0.1, -0.05) is 12.1 Å². The Morgan fingerprint density at radius 3 is 2.38 bits per heavy atom.